The van der Waals surface area contributed by atoms with Crippen molar-refractivity contribution >= 4 is 25.1 Å². The molecule has 0 saturated carbocycles. The van der Waals surface area contributed by atoms with E-state index in [-0.39, 0.29) is 11.5 Å². The topological polar surface area (TPSA) is 46.4 Å². The molecule has 0 radical (unpaired) electrons. The third-order valence-electron chi connectivity index (χ3n) is 2.97. The van der Waals surface area contributed by atoms with E-state index in [1.807, 2.05) is 50.3 Å². The number of halogens is 1. The summed E-state index contributed by atoms with van der Waals surface area (Å²) >= 11 is 5.84. The van der Waals surface area contributed by atoms with Crippen molar-refractivity contribution in [2.24, 2.45) is 0 Å². The fraction of sp³-hybridized carbons (Fsp3) is 0.250. The van der Waals surface area contributed by atoms with Gasteiger partial charge in [-0.05, 0) is 50.2 Å². The lowest BCUT2D eigenvalue weighted by molar-refractivity contribution is -0.384. The number of hydrogen-bond acceptors (Lipinski definition) is 3. The zero-order chi connectivity index (χ0) is 16.7. The third-order valence-corrected chi connectivity index (χ3v) is 3.23. The molecule has 0 bridgehead atoms. The summed E-state index contributed by atoms with van der Waals surface area (Å²) in [7, 11) is 8.06. The van der Waals surface area contributed by atoms with Crippen LogP contribution < -0.4 is 0 Å². The van der Waals surface area contributed by atoms with Crippen LogP contribution >= 0.6 is 11.6 Å². The predicted octanol–water partition coefficient (Wildman–Crippen LogP) is 3.15. The van der Waals surface area contributed by atoms with Crippen LogP contribution in [0.5, 0.6) is 0 Å². The number of nitro groups is 1. The Kier molecular flexibility index (Phi) is 7.08. The molecule has 0 spiro atoms. The first-order valence-electron chi connectivity index (χ1n) is 6.92. The number of nitrogens with zero attached hydrogens (tertiary/aromatic N) is 2. The highest BCUT2D eigenvalue weighted by Gasteiger charge is 2.10. The van der Waals surface area contributed by atoms with E-state index < -0.39 is 4.92 Å². The molecule has 0 heterocycles. The van der Waals surface area contributed by atoms with Crippen molar-refractivity contribution in [3.63, 3.8) is 0 Å². The number of nitro benzene ring substituents is 1. The molecular formula is C16H20BClN2O2. The molecule has 2 aromatic carbocycles. The molecule has 0 aliphatic heterocycles. The normalized spacial score (nSPS) is 11.5. The highest BCUT2D eigenvalue weighted by Crippen LogP contribution is 2.24. The van der Waals surface area contributed by atoms with Crippen LogP contribution in [0.15, 0.2) is 48.5 Å². The molecule has 0 fully saturated rings. The summed E-state index contributed by atoms with van der Waals surface area (Å²) in [4.78, 5) is 12.2. The minimum absolute atomic E-state index is 0.113. The lowest BCUT2D eigenvalue weighted by Crippen LogP contribution is -2.00. The van der Waals surface area contributed by atoms with Gasteiger partial charge in [0.15, 0.2) is 0 Å². The first kappa shape index (κ1) is 18.2. The van der Waals surface area contributed by atoms with Gasteiger partial charge < -0.3 is 4.90 Å². The highest BCUT2D eigenvalue weighted by molar-refractivity contribution is 6.30. The summed E-state index contributed by atoms with van der Waals surface area (Å²) in [5.41, 5.74) is 2.29. The molecule has 2 rings (SSSR count). The van der Waals surface area contributed by atoms with E-state index in [9.17, 15) is 10.1 Å². The van der Waals surface area contributed by atoms with Gasteiger partial charge in [0, 0.05) is 17.2 Å². The fourth-order valence-electron chi connectivity index (χ4n) is 1.83. The minimum Gasteiger partial charge on any atom is -0.312 e. The molecule has 0 amide bonds. The van der Waals surface area contributed by atoms with Gasteiger partial charge in [0.25, 0.3) is 5.69 Å². The van der Waals surface area contributed by atoms with E-state index in [2.05, 4.69) is 7.85 Å². The quantitative estimate of drug-likeness (QED) is 0.496. The molecule has 2 aromatic rings. The zero-order valence-electron chi connectivity index (χ0n) is 13.3. The van der Waals surface area contributed by atoms with Crippen LogP contribution in [0.2, 0.25) is 5.02 Å². The van der Waals surface area contributed by atoms with Crippen molar-refractivity contribution < 1.29 is 4.92 Å². The van der Waals surface area contributed by atoms with Gasteiger partial charge in [-0.15, -0.1) is 0 Å². The molecule has 0 aliphatic rings. The second-order valence-corrected chi connectivity index (χ2v) is 5.90. The lowest BCUT2D eigenvalue weighted by Gasteiger charge is -2.12. The van der Waals surface area contributed by atoms with Gasteiger partial charge in [0.2, 0.25) is 0 Å². The van der Waals surface area contributed by atoms with Gasteiger partial charge in [-0.3, -0.25) is 10.1 Å². The number of benzene rings is 2. The number of non-ortho nitro benzene ring substituents is 1. The van der Waals surface area contributed by atoms with Crippen molar-refractivity contribution in [1.82, 2.24) is 4.90 Å². The summed E-state index contributed by atoms with van der Waals surface area (Å²) in [6.45, 7) is 0. The monoisotopic (exact) mass is 318 g/mol. The molecule has 116 valence electrons. The Morgan fingerprint density at radius 2 is 1.36 bits per heavy atom. The Morgan fingerprint density at radius 1 is 1.00 bits per heavy atom. The van der Waals surface area contributed by atoms with Gasteiger partial charge in [-0.2, -0.15) is 0 Å². The van der Waals surface area contributed by atoms with Crippen LogP contribution in [0, 0.1) is 10.1 Å². The van der Waals surface area contributed by atoms with Gasteiger partial charge in [-0.1, -0.05) is 35.9 Å². The Morgan fingerprint density at radius 3 is 1.73 bits per heavy atom. The standard InChI is InChI=1S/C13H11BClNO2.C3H9N/c14-13(9-1-5-11(15)6-2-9)10-3-7-12(8-4-10)16(17)18;1-4(2)3/h1-8,13H,14H2;1-3H3. The third kappa shape index (κ3) is 5.88. The molecule has 0 saturated heterocycles. The van der Waals surface area contributed by atoms with E-state index in [0.29, 0.717) is 5.02 Å². The van der Waals surface area contributed by atoms with Crippen LogP contribution in [-0.4, -0.2) is 38.8 Å². The maximum absolute atomic E-state index is 10.6. The minimum atomic E-state index is -0.392. The lowest BCUT2D eigenvalue weighted by atomic mass is 9.76. The fourth-order valence-corrected chi connectivity index (χ4v) is 1.95. The van der Waals surface area contributed by atoms with Crippen LogP contribution in [0.3, 0.4) is 0 Å². The first-order chi connectivity index (χ1) is 10.3. The maximum Gasteiger partial charge on any atom is 0.269 e. The molecule has 0 aromatic heterocycles. The molecular weight excluding hydrogens is 298 g/mol. The molecule has 4 nitrogen and oxygen atoms in total. The van der Waals surface area contributed by atoms with E-state index >= 15 is 0 Å². The molecule has 1 unspecified atom stereocenters. The Hall–Kier alpha value is -1.85. The average Bonchev–Trinajstić information content (AvgIpc) is 2.47. The second kappa shape index (κ2) is 8.56. The molecule has 6 heteroatoms. The van der Waals surface area contributed by atoms with Crippen molar-refractivity contribution in [2.45, 2.75) is 5.82 Å². The summed E-state index contributed by atoms with van der Waals surface area (Å²) in [6, 6.07) is 14.3. The number of rotatable bonds is 3. The van der Waals surface area contributed by atoms with Crippen LogP contribution in [0.1, 0.15) is 16.9 Å². The van der Waals surface area contributed by atoms with Crippen LogP contribution in [0.4, 0.5) is 5.69 Å². The van der Waals surface area contributed by atoms with E-state index in [1.165, 1.54) is 12.1 Å². The predicted molar refractivity (Wildman–Crippen MR) is 94.5 cm³/mol. The highest BCUT2D eigenvalue weighted by atomic mass is 35.5. The van der Waals surface area contributed by atoms with Gasteiger partial charge in [0.1, 0.15) is 7.85 Å². The molecule has 22 heavy (non-hydrogen) atoms. The SMILES string of the molecule is BC(c1ccc(Cl)cc1)c1ccc([N+](=O)[O-])cc1.CN(C)C. The van der Waals surface area contributed by atoms with E-state index in [0.717, 1.165) is 11.1 Å². The first-order valence-corrected chi connectivity index (χ1v) is 7.29. The summed E-state index contributed by atoms with van der Waals surface area (Å²) in [5, 5.41) is 11.3. The van der Waals surface area contributed by atoms with Crippen molar-refractivity contribution in [3.05, 3.63) is 74.8 Å². The Labute approximate surface area is 137 Å². The number of hydrogen-bond donors (Lipinski definition) is 0. The van der Waals surface area contributed by atoms with Crippen molar-refractivity contribution in [2.75, 3.05) is 21.1 Å². The van der Waals surface area contributed by atoms with Crippen LogP contribution in [-0.2, 0) is 0 Å². The second-order valence-electron chi connectivity index (χ2n) is 5.46. The Bertz CT molecular complexity index is 598. The van der Waals surface area contributed by atoms with Gasteiger partial charge in [-0.25, -0.2) is 0 Å². The van der Waals surface area contributed by atoms with Crippen molar-refractivity contribution in [3.8, 4) is 0 Å². The Balaban J connectivity index is 0.000000541. The largest absolute Gasteiger partial charge is 0.312 e. The molecule has 0 aliphatic carbocycles. The van der Waals surface area contributed by atoms with Gasteiger partial charge >= 0.3 is 0 Å². The van der Waals surface area contributed by atoms with Crippen molar-refractivity contribution in [1.29, 1.82) is 0 Å². The summed E-state index contributed by atoms with van der Waals surface area (Å²) in [6.07, 6.45) is 0. The average molecular weight is 319 g/mol. The van der Waals surface area contributed by atoms with Crippen LogP contribution in [0.25, 0.3) is 0 Å². The summed E-state index contributed by atoms with van der Waals surface area (Å²) < 4.78 is 0. The maximum atomic E-state index is 10.6. The smallest absolute Gasteiger partial charge is 0.269 e. The van der Waals surface area contributed by atoms with Gasteiger partial charge in [0.05, 0.1) is 4.92 Å². The molecule has 0 N–H and O–H groups in total. The molecule has 1 atom stereocenters. The summed E-state index contributed by atoms with van der Waals surface area (Å²) in [5.74, 6) is 0.183. The zero-order valence-corrected chi connectivity index (χ0v) is 14.0. The van der Waals surface area contributed by atoms with E-state index in [1.54, 1.807) is 12.1 Å². The van der Waals surface area contributed by atoms with E-state index in [4.69, 9.17) is 11.6 Å².